The molecule has 1 aromatic rings. The Morgan fingerprint density at radius 1 is 1.40 bits per heavy atom. The third-order valence-electron chi connectivity index (χ3n) is 2.71. The number of benzene rings is 1. The van der Waals surface area contributed by atoms with Crippen molar-refractivity contribution in [3.8, 4) is 11.5 Å². The monoisotopic (exact) mass is 299 g/mol. The van der Waals surface area contributed by atoms with Gasteiger partial charge >= 0.3 is 5.97 Å². The Balaban J connectivity index is 0.00000361. The zero-order valence-electron chi connectivity index (χ0n) is 12.1. The number of hydrogen-bond acceptors (Lipinski definition) is 4. The van der Waals surface area contributed by atoms with Crippen molar-refractivity contribution in [3.05, 3.63) is 29.8 Å². The van der Waals surface area contributed by atoms with E-state index in [0.717, 1.165) is 18.4 Å². The summed E-state index contributed by atoms with van der Waals surface area (Å²) in [6.45, 7) is 3.43. The molecule has 0 amide bonds. The maximum absolute atomic E-state index is 10.9. The van der Waals surface area contributed by atoms with Crippen molar-refractivity contribution in [2.45, 2.75) is 32.7 Å². The summed E-state index contributed by atoms with van der Waals surface area (Å²) in [6, 6.07) is 5.61. The van der Waals surface area contributed by atoms with Gasteiger partial charge in [-0.25, -0.2) is 0 Å². The number of carbonyl (C=O) groups is 1. The van der Waals surface area contributed by atoms with Gasteiger partial charge in [-0.15, -0.1) is 12.4 Å². The van der Waals surface area contributed by atoms with Crippen LogP contribution < -0.4 is 15.2 Å². The van der Waals surface area contributed by atoms with Gasteiger partial charge in [-0.1, -0.05) is 25.1 Å². The molecule has 1 atom stereocenters. The van der Waals surface area contributed by atoms with Gasteiger partial charge in [0.2, 0.25) is 0 Å². The van der Waals surface area contributed by atoms with Crippen molar-refractivity contribution in [3.63, 3.8) is 0 Å². The van der Waals surface area contributed by atoms with Crippen LogP contribution in [-0.4, -0.2) is 19.1 Å². The topological polar surface area (TPSA) is 61.5 Å². The number of halogens is 1. The number of carbonyl (C=O) groups excluding carboxylic acids is 1. The van der Waals surface area contributed by atoms with E-state index in [1.54, 1.807) is 13.2 Å². The lowest BCUT2D eigenvalue weighted by molar-refractivity contribution is -0.132. The highest BCUT2D eigenvalue weighted by Gasteiger charge is 2.06. The smallest absolute Gasteiger partial charge is 0.308 e. The maximum Gasteiger partial charge on any atom is 0.308 e. The van der Waals surface area contributed by atoms with Gasteiger partial charge in [-0.05, 0) is 30.5 Å². The molecule has 0 aliphatic rings. The number of rotatable bonds is 6. The average Bonchev–Trinajstić information content (AvgIpc) is 2.39. The molecule has 0 aromatic heterocycles. The molecule has 1 unspecified atom stereocenters. The van der Waals surface area contributed by atoms with E-state index in [1.165, 1.54) is 6.92 Å². The van der Waals surface area contributed by atoms with Crippen LogP contribution in [-0.2, 0) is 4.79 Å². The molecular weight excluding hydrogens is 278 g/mol. The second-order valence-electron chi connectivity index (χ2n) is 4.31. The van der Waals surface area contributed by atoms with Gasteiger partial charge < -0.3 is 15.2 Å². The van der Waals surface area contributed by atoms with E-state index in [4.69, 9.17) is 15.2 Å². The third kappa shape index (κ3) is 6.08. The summed E-state index contributed by atoms with van der Waals surface area (Å²) in [4.78, 5) is 10.9. The fourth-order valence-electron chi connectivity index (χ4n) is 1.57. The van der Waals surface area contributed by atoms with Crippen molar-refractivity contribution in [2.75, 3.05) is 7.11 Å². The summed E-state index contributed by atoms with van der Waals surface area (Å²) in [5.41, 5.74) is 6.82. The third-order valence-corrected chi connectivity index (χ3v) is 2.71. The van der Waals surface area contributed by atoms with E-state index < -0.39 is 0 Å². The molecule has 0 aliphatic carbocycles. The number of hydrogen-bond donors (Lipinski definition) is 1. The molecule has 0 saturated heterocycles. The van der Waals surface area contributed by atoms with Crippen LogP contribution in [0.2, 0.25) is 0 Å². The Hall–Kier alpha value is -1.52. The molecule has 1 aromatic carbocycles. The van der Waals surface area contributed by atoms with E-state index in [-0.39, 0.29) is 24.4 Å². The van der Waals surface area contributed by atoms with Crippen molar-refractivity contribution in [1.82, 2.24) is 0 Å². The fourth-order valence-corrected chi connectivity index (χ4v) is 1.57. The van der Waals surface area contributed by atoms with Crippen LogP contribution in [0.3, 0.4) is 0 Å². The first kappa shape index (κ1) is 18.5. The molecular formula is C15H22ClNO3. The molecule has 0 fully saturated rings. The fraction of sp³-hybridized carbons (Fsp3) is 0.400. The van der Waals surface area contributed by atoms with Gasteiger partial charge in [0, 0.05) is 13.0 Å². The number of nitrogens with two attached hydrogens (primary N) is 1. The summed E-state index contributed by atoms with van der Waals surface area (Å²) < 4.78 is 10.2. The zero-order chi connectivity index (χ0) is 14.3. The minimum Gasteiger partial charge on any atom is -0.493 e. The van der Waals surface area contributed by atoms with E-state index in [0.29, 0.717) is 11.5 Å². The van der Waals surface area contributed by atoms with Crippen molar-refractivity contribution in [1.29, 1.82) is 0 Å². The van der Waals surface area contributed by atoms with Gasteiger partial charge in [0.15, 0.2) is 11.5 Å². The lowest BCUT2D eigenvalue weighted by atomic mass is 10.1. The first-order valence-electron chi connectivity index (χ1n) is 6.35. The average molecular weight is 300 g/mol. The maximum atomic E-state index is 10.9. The summed E-state index contributed by atoms with van der Waals surface area (Å²) >= 11 is 0. The van der Waals surface area contributed by atoms with Crippen LogP contribution in [0, 0.1) is 0 Å². The van der Waals surface area contributed by atoms with Crippen LogP contribution in [0.15, 0.2) is 24.3 Å². The molecule has 2 N–H and O–H groups in total. The molecule has 4 nitrogen and oxygen atoms in total. The van der Waals surface area contributed by atoms with E-state index in [2.05, 4.69) is 6.92 Å². The molecule has 0 radical (unpaired) electrons. The van der Waals surface area contributed by atoms with Crippen LogP contribution in [0.5, 0.6) is 11.5 Å². The van der Waals surface area contributed by atoms with Crippen LogP contribution in [0.4, 0.5) is 0 Å². The first-order chi connectivity index (χ1) is 9.06. The highest BCUT2D eigenvalue weighted by molar-refractivity contribution is 5.85. The standard InChI is InChI=1S/C15H21NO3.ClH/c1-4-13(16)7-5-6-12-8-9-14(19-11(2)17)15(10-12)18-3;/h5-6,8-10,13H,4,7,16H2,1-3H3;1H/b6-5+;. The molecule has 1 rings (SSSR count). The van der Waals surface area contributed by atoms with E-state index in [1.807, 2.05) is 24.3 Å². The lowest BCUT2D eigenvalue weighted by Crippen LogP contribution is -2.16. The van der Waals surface area contributed by atoms with Gasteiger partial charge in [0.1, 0.15) is 0 Å². The van der Waals surface area contributed by atoms with E-state index >= 15 is 0 Å². The van der Waals surface area contributed by atoms with Gasteiger partial charge in [0.05, 0.1) is 7.11 Å². The van der Waals surface area contributed by atoms with Crippen molar-refractivity contribution >= 4 is 24.5 Å². The Bertz CT molecular complexity index is 460. The van der Waals surface area contributed by atoms with Crippen LogP contribution in [0.25, 0.3) is 6.08 Å². The highest BCUT2D eigenvalue weighted by Crippen LogP contribution is 2.28. The summed E-state index contributed by atoms with van der Waals surface area (Å²) in [5, 5.41) is 0. The predicted octanol–water partition coefficient (Wildman–Crippen LogP) is 3.18. The molecule has 0 aliphatic heterocycles. The van der Waals surface area contributed by atoms with Crippen LogP contribution >= 0.6 is 12.4 Å². The zero-order valence-corrected chi connectivity index (χ0v) is 12.9. The SMILES string of the molecule is CCC(N)C/C=C/c1ccc(OC(C)=O)c(OC)c1.Cl. The predicted molar refractivity (Wildman–Crippen MR) is 83.5 cm³/mol. The minimum absolute atomic E-state index is 0. The normalized spacial score (nSPS) is 11.8. The molecule has 0 heterocycles. The molecule has 20 heavy (non-hydrogen) atoms. The Kier molecular flexibility index (Phi) is 8.68. The number of ether oxygens (including phenoxy) is 2. The van der Waals surface area contributed by atoms with E-state index in [9.17, 15) is 4.79 Å². The number of methoxy groups -OCH3 is 1. The Labute approximate surface area is 126 Å². The molecule has 0 spiro atoms. The number of esters is 1. The second-order valence-corrected chi connectivity index (χ2v) is 4.31. The first-order valence-corrected chi connectivity index (χ1v) is 6.35. The Morgan fingerprint density at radius 3 is 2.65 bits per heavy atom. The quantitative estimate of drug-likeness (QED) is 0.647. The van der Waals surface area contributed by atoms with Crippen molar-refractivity contribution < 1.29 is 14.3 Å². The molecule has 112 valence electrons. The largest absolute Gasteiger partial charge is 0.493 e. The summed E-state index contributed by atoms with van der Waals surface area (Å²) in [7, 11) is 1.54. The second kappa shape index (κ2) is 9.39. The highest BCUT2D eigenvalue weighted by atomic mass is 35.5. The van der Waals surface area contributed by atoms with Gasteiger partial charge in [0.25, 0.3) is 0 Å². The molecule has 0 bridgehead atoms. The Morgan fingerprint density at radius 2 is 2.10 bits per heavy atom. The van der Waals surface area contributed by atoms with Crippen LogP contribution in [0.1, 0.15) is 32.3 Å². The van der Waals surface area contributed by atoms with Gasteiger partial charge in [-0.2, -0.15) is 0 Å². The minimum atomic E-state index is -0.365. The summed E-state index contributed by atoms with van der Waals surface area (Å²) in [5.74, 6) is 0.602. The van der Waals surface area contributed by atoms with Crippen molar-refractivity contribution in [2.24, 2.45) is 5.73 Å². The molecule has 0 saturated carbocycles. The summed E-state index contributed by atoms with van der Waals surface area (Å²) in [6.07, 6.45) is 5.81. The molecule has 5 heteroatoms. The van der Waals surface area contributed by atoms with Gasteiger partial charge in [-0.3, -0.25) is 4.79 Å². The lowest BCUT2D eigenvalue weighted by Gasteiger charge is -2.08.